The summed E-state index contributed by atoms with van der Waals surface area (Å²) in [5, 5.41) is 17.5. The molecule has 1 amide bonds. The van der Waals surface area contributed by atoms with E-state index in [2.05, 4.69) is 41.0 Å². The summed E-state index contributed by atoms with van der Waals surface area (Å²) in [6, 6.07) is 19.1. The largest absolute Gasteiger partial charge is 0.508 e. The molecule has 0 bridgehead atoms. The second-order valence-corrected chi connectivity index (χ2v) is 9.49. The maximum atomic E-state index is 13.1. The minimum atomic E-state index is -0.672. The van der Waals surface area contributed by atoms with E-state index in [0.717, 1.165) is 63.2 Å². The van der Waals surface area contributed by atoms with Gasteiger partial charge in [0.15, 0.2) is 0 Å². The third-order valence-corrected chi connectivity index (χ3v) is 6.85. The second kappa shape index (κ2) is 9.47. The molecule has 0 radical (unpaired) electrons. The molecule has 1 aliphatic rings. The third kappa shape index (κ3) is 4.88. The van der Waals surface area contributed by atoms with Crippen LogP contribution < -0.4 is 16.4 Å². The van der Waals surface area contributed by atoms with Crippen LogP contribution in [-0.2, 0) is 17.6 Å². The van der Waals surface area contributed by atoms with Crippen molar-refractivity contribution in [2.24, 2.45) is 5.73 Å². The van der Waals surface area contributed by atoms with E-state index in [-0.39, 0.29) is 17.7 Å². The van der Waals surface area contributed by atoms with Crippen molar-refractivity contribution in [1.82, 2.24) is 5.32 Å². The summed E-state index contributed by atoms with van der Waals surface area (Å²) in [6.07, 6.45) is 1.89. The van der Waals surface area contributed by atoms with Gasteiger partial charge in [-0.2, -0.15) is 0 Å². The number of carbonyl (C=O) groups excluding carboxylic acids is 1. The normalized spacial score (nSPS) is 15.9. The predicted molar refractivity (Wildman–Crippen MR) is 139 cm³/mol. The molecular formula is C29H31N3O3. The fourth-order valence-electron chi connectivity index (χ4n) is 5.04. The molecule has 0 saturated carbocycles. The van der Waals surface area contributed by atoms with Gasteiger partial charge in [0.1, 0.15) is 17.1 Å². The van der Waals surface area contributed by atoms with Crippen molar-refractivity contribution in [2.75, 3.05) is 11.9 Å². The monoisotopic (exact) mass is 469 g/mol. The lowest BCUT2D eigenvalue weighted by Crippen LogP contribution is -2.44. The summed E-state index contributed by atoms with van der Waals surface area (Å²) in [6.45, 7) is 4.64. The van der Waals surface area contributed by atoms with Gasteiger partial charge >= 0.3 is 0 Å². The molecular weight excluding hydrogens is 438 g/mol. The highest BCUT2D eigenvalue weighted by Gasteiger charge is 2.25. The van der Waals surface area contributed by atoms with Crippen molar-refractivity contribution >= 4 is 22.6 Å². The van der Waals surface area contributed by atoms with E-state index in [4.69, 9.17) is 10.2 Å². The zero-order valence-corrected chi connectivity index (χ0v) is 20.1. The lowest BCUT2D eigenvalue weighted by Gasteiger charge is -2.29. The average Bonchev–Trinajstić information content (AvgIpc) is 3.24. The zero-order valence-electron chi connectivity index (χ0n) is 20.1. The van der Waals surface area contributed by atoms with E-state index >= 15 is 0 Å². The van der Waals surface area contributed by atoms with Gasteiger partial charge in [-0.1, -0.05) is 30.3 Å². The Balaban J connectivity index is 1.31. The Kier molecular flexibility index (Phi) is 6.22. The number of aryl methyl sites for hydroxylation is 2. The van der Waals surface area contributed by atoms with E-state index in [1.54, 1.807) is 12.1 Å². The number of aromatic hydroxyl groups is 1. The molecule has 4 aromatic rings. The smallest absolute Gasteiger partial charge is 0.237 e. The van der Waals surface area contributed by atoms with Crippen LogP contribution in [0.25, 0.3) is 11.0 Å². The summed E-state index contributed by atoms with van der Waals surface area (Å²) in [5.74, 6) is 0.973. The number of hydrogen-bond acceptors (Lipinski definition) is 5. The minimum absolute atomic E-state index is 0.109. The fourth-order valence-corrected chi connectivity index (χ4v) is 5.04. The second-order valence-electron chi connectivity index (χ2n) is 9.49. The van der Waals surface area contributed by atoms with Crippen molar-refractivity contribution in [2.45, 2.75) is 45.2 Å². The molecule has 180 valence electrons. The van der Waals surface area contributed by atoms with Gasteiger partial charge in [0.2, 0.25) is 5.91 Å². The van der Waals surface area contributed by atoms with E-state index in [1.165, 1.54) is 0 Å². The Bertz CT molecular complexity index is 1340. The molecule has 1 aliphatic heterocycles. The Hall–Kier alpha value is -3.77. The molecule has 5 N–H and O–H groups in total. The Morgan fingerprint density at radius 2 is 1.91 bits per heavy atom. The number of carbonyl (C=O) groups is 1. The van der Waals surface area contributed by atoms with Crippen LogP contribution in [0.15, 0.2) is 65.1 Å². The molecule has 1 aromatic heterocycles. The van der Waals surface area contributed by atoms with Gasteiger partial charge in [0.25, 0.3) is 0 Å². The van der Waals surface area contributed by atoms with Crippen LogP contribution in [0.2, 0.25) is 0 Å². The SMILES string of the molecule is Cc1cc(O)cc(C)c1CC(N)C(=O)NC1CCNc2ccc(Cc3cc4ccccc4o3)cc21. The Morgan fingerprint density at radius 1 is 1.14 bits per heavy atom. The maximum absolute atomic E-state index is 13.1. The number of phenols is 1. The topological polar surface area (TPSA) is 101 Å². The van der Waals surface area contributed by atoms with Crippen LogP contribution in [0.5, 0.6) is 5.75 Å². The number of rotatable bonds is 6. The van der Waals surface area contributed by atoms with Gasteiger partial charge < -0.3 is 25.9 Å². The number of nitrogens with two attached hydrogens (primary N) is 1. The molecule has 0 spiro atoms. The molecule has 6 heteroatoms. The highest BCUT2D eigenvalue weighted by molar-refractivity contribution is 5.83. The van der Waals surface area contributed by atoms with Gasteiger partial charge in [-0.3, -0.25) is 4.79 Å². The average molecular weight is 470 g/mol. The number of fused-ring (bicyclic) bond motifs is 2. The van der Waals surface area contributed by atoms with Crippen LogP contribution >= 0.6 is 0 Å². The Labute approximate surface area is 205 Å². The molecule has 2 unspecified atom stereocenters. The molecule has 0 saturated heterocycles. The number of para-hydroxylation sites is 1. The quantitative estimate of drug-likeness (QED) is 0.322. The van der Waals surface area contributed by atoms with Crippen molar-refractivity contribution in [3.8, 4) is 5.75 Å². The predicted octanol–water partition coefficient (Wildman–Crippen LogP) is 4.89. The third-order valence-electron chi connectivity index (χ3n) is 6.85. The van der Waals surface area contributed by atoms with E-state index in [1.807, 2.05) is 32.0 Å². The van der Waals surface area contributed by atoms with Crippen LogP contribution in [0.4, 0.5) is 5.69 Å². The molecule has 2 atom stereocenters. The first-order valence-corrected chi connectivity index (χ1v) is 12.1. The van der Waals surface area contributed by atoms with Crippen molar-refractivity contribution in [3.05, 3.63) is 94.2 Å². The van der Waals surface area contributed by atoms with Crippen LogP contribution in [0, 0.1) is 13.8 Å². The molecule has 6 nitrogen and oxygen atoms in total. The summed E-state index contributed by atoms with van der Waals surface area (Å²) >= 11 is 0. The fraction of sp³-hybridized carbons (Fsp3) is 0.276. The molecule has 35 heavy (non-hydrogen) atoms. The van der Waals surface area contributed by atoms with Crippen LogP contribution in [0.1, 0.15) is 46.0 Å². The highest BCUT2D eigenvalue weighted by Crippen LogP contribution is 2.32. The summed E-state index contributed by atoms with van der Waals surface area (Å²) in [5.41, 5.74) is 13.3. The van der Waals surface area contributed by atoms with Crippen LogP contribution in [0.3, 0.4) is 0 Å². The first-order chi connectivity index (χ1) is 16.9. The number of hydrogen-bond donors (Lipinski definition) is 4. The van der Waals surface area contributed by atoms with E-state index < -0.39 is 6.04 Å². The number of anilines is 1. The molecule has 0 fully saturated rings. The number of amides is 1. The van der Waals surface area contributed by atoms with E-state index in [0.29, 0.717) is 12.8 Å². The molecule has 5 rings (SSSR count). The Morgan fingerprint density at radius 3 is 2.69 bits per heavy atom. The standard InChI is InChI=1S/C29H31N3O3/c1-17-11-21(33)12-18(2)23(17)16-25(30)29(34)32-27-9-10-31-26-8-7-19(14-24(26)27)13-22-15-20-5-3-4-6-28(20)35-22/h3-8,11-12,14-15,25,27,31,33H,9-10,13,16,30H2,1-2H3,(H,32,34). The number of phenolic OH excluding ortho intramolecular Hbond substituents is 1. The van der Waals surface area contributed by atoms with Gasteiger partial charge in [-0.05, 0) is 84.8 Å². The van der Waals surface area contributed by atoms with Gasteiger partial charge in [-0.15, -0.1) is 0 Å². The van der Waals surface area contributed by atoms with Crippen molar-refractivity contribution < 1.29 is 14.3 Å². The maximum Gasteiger partial charge on any atom is 0.237 e. The number of furan rings is 1. The van der Waals surface area contributed by atoms with Gasteiger partial charge in [0, 0.05) is 24.0 Å². The van der Waals surface area contributed by atoms with Crippen LogP contribution in [-0.4, -0.2) is 23.6 Å². The molecule has 3 aromatic carbocycles. The number of benzene rings is 3. The molecule has 0 aliphatic carbocycles. The first kappa shape index (κ1) is 23.0. The zero-order chi connectivity index (χ0) is 24.5. The van der Waals surface area contributed by atoms with E-state index in [9.17, 15) is 9.90 Å². The first-order valence-electron chi connectivity index (χ1n) is 12.1. The van der Waals surface area contributed by atoms with Crippen molar-refractivity contribution in [3.63, 3.8) is 0 Å². The highest BCUT2D eigenvalue weighted by atomic mass is 16.3. The van der Waals surface area contributed by atoms with Crippen molar-refractivity contribution in [1.29, 1.82) is 0 Å². The summed E-state index contributed by atoms with van der Waals surface area (Å²) in [4.78, 5) is 13.1. The minimum Gasteiger partial charge on any atom is -0.508 e. The summed E-state index contributed by atoms with van der Waals surface area (Å²) < 4.78 is 6.00. The lowest BCUT2D eigenvalue weighted by molar-refractivity contribution is -0.123. The van der Waals surface area contributed by atoms with Gasteiger partial charge in [0.05, 0.1) is 12.1 Å². The lowest BCUT2D eigenvalue weighted by atomic mass is 9.93. The van der Waals surface area contributed by atoms with Gasteiger partial charge in [-0.25, -0.2) is 0 Å². The molecule has 2 heterocycles. The number of nitrogens with one attached hydrogen (secondary N) is 2. The summed E-state index contributed by atoms with van der Waals surface area (Å²) in [7, 11) is 0.